The lowest BCUT2D eigenvalue weighted by Gasteiger charge is -2.19. The average Bonchev–Trinajstić information content (AvgIpc) is 1.62. The first-order valence-corrected chi connectivity index (χ1v) is 9.52. The van der Waals surface area contributed by atoms with E-state index in [0.717, 1.165) is 0 Å². The van der Waals surface area contributed by atoms with Crippen molar-refractivity contribution in [1.82, 2.24) is 0 Å². The van der Waals surface area contributed by atoms with Crippen molar-refractivity contribution in [2.75, 3.05) is 0 Å². The third-order valence-corrected chi connectivity index (χ3v) is 12.2. The van der Waals surface area contributed by atoms with Gasteiger partial charge in [0.15, 0.2) is 0 Å². The lowest BCUT2D eigenvalue weighted by Crippen LogP contribution is -2.38. The summed E-state index contributed by atoms with van der Waals surface area (Å²) in [6, 6.07) is 0. The molecule has 0 fully saturated rings. The largest absolute Gasteiger partial charge is 0.107 e. The SMILES string of the molecule is C=C[Si](C)[Si](C)(C)C. The molecule has 0 aromatic carbocycles. The maximum atomic E-state index is 3.81. The van der Waals surface area contributed by atoms with E-state index in [1.165, 1.54) is 0 Å². The van der Waals surface area contributed by atoms with Gasteiger partial charge in [0.2, 0.25) is 0 Å². The standard InChI is InChI=1S/C6H15Si2/c1-6-7(2)8(3,4)5/h6H,1H2,2-5H3. The first-order chi connectivity index (χ1) is 3.48. The highest BCUT2D eigenvalue weighted by atomic mass is 29.2. The van der Waals surface area contributed by atoms with E-state index in [9.17, 15) is 0 Å². The van der Waals surface area contributed by atoms with E-state index in [0.29, 0.717) is 0 Å². The fraction of sp³-hybridized carbons (Fsp3) is 0.667. The first kappa shape index (κ1) is 8.17. The molecule has 0 aromatic heterocycles. The molecule has 0 nitrogen and oxygen atoms in total. The van der Waals surface area contributed by atoms with Crippen molar-refractivity contribution in [2.24, 2.45) is 0 Å². The van der Waals surface area contributed by atoms with Gasteiger partial charge in [-0.3, -0.25) is 0 Å². The van der Waals surface area contributed by atoms with Crippen LogP contribution in [0.15, 0.2) is 12.3 Å². The Kier molecular flexibility index (Phi) is 2.70. The van der Waals surface area contributed by atoms with Crippen LogP contribution in [0.25, 0.3) is 0 Å². The van der Waals surface area contributed by atoms with Crippen LogP contribution in [0.5, 0.6) is 0 Å². The van der Waals surface area contributed by atoms with Crippen LogP contribution in [0.3, 0.4) is 0 Å². The van der Waals surface area contributed by atoms with Crippen molar-refractivity contribution >= 4 is 15.9 Å². The molecule has 0 aliphatic carbocycles. The maximum Gasteiger partial charge on any atom is 0.0633 e. The Hall–Kier alpha value is 0.174. The van der Waals surface area contributed by atoms with E-state index in [2.05, 4.69) is 38.5 Å². The van der Waals surface area contributed by atoms with Crippen molar-refractivity contribution in [3.8, 4) is 0 Å². The molecule has 0 aliphatic heterocycles. The van der Waals surface area contributed by atoms with Crippen LogP contribution in [0, 0.1) is 0 Å². The molecule has 0 N–H and O–H groups in total. The zero-order chi connectivity index (χ0) is 6.78. The number of rotatable bonds is 2. The molecule has 0 aromatic rings. The smallest absolute Gasteiger partial charge is 0.0633 e. The summed E-state index contributed by atoms with van der Waals surface area (Å²) in [7, 11) is -0.919. The molecule has 0 unspecified atom stereocenters. The van der Waals surface area contributed by atoms with Crippen LogP contribution in [-0.4, -0.2) is 15.9 Å². The highest BCUT2D eigenvalue weighted by Crippen LogP contribution is 2.05. The van der Waals surface area contributed by atoms with Gasteiger partial charge in [0.25, 0.3) is 0 Å². The summed E-state index contributed by atoms with van der Waals surface area (Å²) < 4.78 is 0. The lowest BCUT2D eigenvalue weighted by molar-refractivity contribution is 1.82. The summed E-state index contributed by atoms with van der Waals surface area (Å²) in [5.74, 6) is 0. The van der Waals surface area contributed by atoms with Gasteiger partial charge >= 0.3 is 0 Å². The second-order valence-electron chi connectivity index (χ2n) is 3.14. The molecular weight excluding hydrogens is 128 g/mol. The maximum absolute atomic E-state index is 3.81. The van der Waals surface area contributed by atoms with Crippen LogP contribution in [0.4, 0.5) is 0 Å². The summed E-state index contributed by atoms with van der Waals surface area (Å²) in [6.07, 6.45) is 0. The summed E-state index contributed by atoms with van der Waals surface area (Å²) >= 11 is 0. The molecule has 0 saturated heterocycles. The van der Waals surface area contributed by atoms with Gasteiger partial charge in [-0.15, -0.1) is 12.3 Å². The molecule has 1 radical (unpaired) electrons. The second-order valence-corrected chi connectivity index (χ2v) is 16.3. The number of hydrogen-bond donors (Lipinski definition) is 0. The van der Waals surface area contributed by atoms with Gasteiger partial charge in [0, 0.05) is 7.59 Å². The van der Waals surface area contributed by atoms with Crippen molar-refractivity contribution < 1.29 is 0 Å². The topological polar surface area (TPSA) is 0 Å². The van der Waals surface area contributed by atoms with Gasteiger partial charge in [0.1, 0.15) is 0 Å². The van der Waals surface area contributed by atoms with E-state index in [1.54, 1.807) is 0 Å². The Morgan fingerprint density at radius 3 is 1.75 bits per heavy atom. The highest BCUT2D eigenvalue weighted by Gasteiger charge is 2.20. The summed E-state index contributed by atoms with van der Waals surface area (Å²) in [5, 5.41) is 0. The zero-order valence-electron chi connectivity index (χ0n) is 6.28. The lowest BCUT2D eigenvalue weighted by atomic mass is 11.3. The molecule has 2 heteroatoms. The van der Waals surface area contributed by atoms with E-state index in [4.69, 9.17) is 0 Å². The summed E-state index contributed by atoms with van der Waals surface area (Å²) in [4.78, 5) is 0. The molecule has 0 saturated carbocycles. The second kappa shape index (κ2) is 2.64. The third-order valence-electron chi connectivity index (χ3n) is 1.49. The Morgan fingerprint density at radius 2 is 1.75 bits per heavy atom. The van der Waals surface area contributed by atoms with Gasteiger partial charge in [-0.2, -0.15) is 0 Å². The Bertz CT molecular complexity index is 81.0. The summed E-state index contributed by atoms with van der Waals surface area (Å²) in [5.41, 5.74) is 2.16. The molecular formula is C6H15Si2. The third kappa shape index (κ3) is 2.47. The number of hydrogen-bond acceptors (Lipinski definition) is 0. The fourth-order valence-electron chi connectivity index (χ4n) is 0.306. The van der Waals surface area contributed by atoms with E-state index in [1.807, 2.05) is 0 Å². The molecule has 0 aliphatic rings. The molecule has 0 spiro atoms. The van der Waals surface area contributed by atoms with Gasteiger partial charge in [0.05, 0.1) is 8.31 Å². The summed E-state index contributed by atoms with van der Waals surface area (Å²) in [6.45, 7) is 13.4. The van der Waals surface area contributed by atoms with Crippen LogP contribution < -0.4 is 0 Å². The van der Waals surface area contributed by atoms with Crippen molar-refractivity contribution in [1.29, 1.82) is 0 Å². The van der Waals surface area contributed by atoms with Crippen molar-refractivity contribution in [3.63, 3.8) is 0 Å². The monoisotopic (exact) mass is 143 g/mol. The molecule has 0 amide bonds. The fourth-order valence-corrected chi connectivity index (χ4v) is 2.76. The van der Waals surface area contributed by atoms with Gasteiger partial charge in [-0.25, -0.2) is 0 Å². The Morgan fingerprint density at radius 1 is 1.38 bits per heavy atom. The average molecular weight is 143 g/mol. The van der Waals surface area contributed by atoms with E-state index in [-0.39, 0.29) is 8.31 Å². The Balaban J connectivity index is 3.80. The van der Waals surface area contributed by atoms with Crippen LogP contribution in [0.1, 0.15) is 0 Å². The molecule has 47 valence electrons. The normalized spacial score (nSPS) is 12.1. The van der Waals surface area contributed by atoms with Gasteiger partial charge < -0.3 is 0 Å². The van der Waals surface area contributed by atoms with E-state index < -0.39 is 7.59 Å². The van der Waals surface area contributed by atoms with Crippen molar-refractivity contribution in [3.05, 3.63) is 12.3 Å². The predicted octanol–water partition coefficient (Wildman–Crippen LogP) is 2.25. The first-order valence-electron chi connectivity index (χ1n) is 2.95. The predicted molar refractivity (Wildman–Crippen MR) is 45.2 cm³/mol. The minimum absolute atomic E-state index is 0.142. The Labute approximate surface area is 55.0 Å². The van der Waals surface area contributed by atoms with Crippen LogP contribution >= 0.6 is 0 Å². The van der Waals surface area contributed by atoms with Crippen LogP contribution in [-0.2, 0) is 0 Å². The van der Waals surface area contributed by atoms with Crippen molar-refractivity contribution in [2.45, 2.75) is 26.2 Å². The zero-order valence-corrected chi connectivity index (χ0v) is 8.28. The molecule has 0 atom stereocenters. The molecule has 0 heterocycles. The molecule has 0 bridgehead atoms. The minimum Gasteiger partial charge on any atom is -0.107 e. The minimum atomic E-state index is -0.777. The van der Waals surface area contributed by atoms with E-state index >= 15 is 0 Å². The van der Waals surface area contributed by atoms with Gasteiger partial charge in [-0.05, 0) is 0 Å². The quantitative estimate of drug-likeness (QED) is 0.520. The molecule has 0 rings (SSSR count). The van der Waals surface area contributed by atoms with Gasteiger partial charge in [-0.1, -0.05) is 26.2 Å². The molecule has 8 heavy (non-hydrogen) atoms. The van der Waals surface area contributed by atoms with Crippen LogP contribution in [0.2, 0.25) is 26.2 Å². The highest BCUT2D eigenvalue weighted by molar-refractivity contribution is 7.33.